The summed E-state index contributed by atoms with van der Waals surface area (Å²) in [5.74, 6) is -3.34. The van der Waals surface area contributed by atoms with Crippen LogP contribution in [0.15, 0.2) is 34.3 Å². The fraction of sp³-hybridized carbons (Fsp3) is 0.200. The van der Waals surface area contributed by atoms with Crippen molar-refractivity contribution in [2.75, 3.05) is 13.2 Å². The number of rotatable bonds is 3. The predicted octanol–water partition coefficient (Wildman–Crippen LogP) is -0.178. The second-order valence-corrected chi connectivity index (χ2v) is 6.68. The Bertz CT molecular complexity index is 838. The maximum atomic E-state index is 12.5. The Hall–Kier alpha value is -2.30. The molecule has 4 N–H and O–H groups in total. The van der Waals surface area contributed by atoms with Crippen molar-refractivity contribution < 1.29 is 24.6 Å². The first kappa shape index (κ1) is 17.5. The largest absolute Gasteiger partial charge is 0.507 e. The summed E-state index contributed by atoms with van der Waals surface area (Å²) in [6.45, 7) is -0.764. The van der Waals surface area contributed by atoms with Gasteiger partial charge in [-0.15, -0.1) is 0 Å². The Morgan fingerprint density at radius 3 is 2.40 bits per heavy atom. The highest BCUT2D eigenvalue weighted by Crippen LogP contribution is 2.37. The minimum absolute atomic E-state index is 0.0865. The third kappa shape index (κ3) is 2.53. The minimum Gasteiger partial charge on any atom is -0.507 e. The topological polar surface area (TPSA) is 119 Å². The molecule has 0 aromatic heterocycles. The van der Waals surface area contributed by atoms with Gasteiger partial charge in [0.25, 0.3) is 17.6 Å². The van der Waals surface area contributed by atoms with E-state index in [0.717, 1.165) is 9.37 Å². The van der Waals surface area contributed by atoms with Crippen molar-refractivity contribution in [3.05, 3.63) is 39.9 Å². The maximum absolute atomic E-state index is 12.5. The number of β-amino-alcohol motifs (C(OH)–C–C–N with tert-alkyl or cyclic N) is 1. The number of ketones is 1. The molecule has 1 atom stereocenters. The zero-order valence-corrected chi connectivity index (χ0v) is 15.0. The second-order valence-electron chi connectivity index (χ2n) is 5.36. The number of hydrogen-bond acceptors (Lipinski definition) is 6. The van der Waals surface area contributed by atoms with Gasteiger partial charge in [0.05, 0.1) is 6.61 Å². The third-order valence-electron chi connectivity index (χ3n) is 3.96. The summed E-state index contributed by atoms with van der Waals surface area (Å²) in [6, 6.07) is 6.33. The second kappa shape index (κ2) is 6.21. The van der Waals surface area contributed by atoms with Crippen LogP contribution in [-0.2, 0) is 14.4 Å². The van der Waals surface area contributed by atoms with Crippen molar-refractivity contribution in [1.82, 2.24) is 15.5 Å². The number of nitrogens with zero attached hydrogens (tertiary/aromatic N) is 1. The Morgan fingerprint density at radius 2 is 1.88 bits per heavy atom. The Labute approximate surface area is 155 Å². The molecule has 0 saturated carbocycles. The first-order valence-electron chi connectivity index (χ1n) is 7.13. The SMILES string of the molecule is O=C1C(=O)N(CCO)C2(NC(=S)NC2=O)/C1=C(\O)c1ccc(Br)cc1. The van der Waals surface area contributed by atoms with E-state index >= 15 is 0 Å². The molecule has 2 saturated heterocycles. The van der Waals surface area contributed by atoms with Crippen molar-refractivity contribution in [3.63, 3.8) is 0 Å². The maximum Gasteiger partial charge on any atom is 0.297 e. The number of likely N-dealkylation sites (tertiary alicyclic amines) is 1. The van der Waals surface area contributed by atoms with Crippen LogP contribution in [0, 0.1) is 0 Å². The molecule has 2 heterocycles. The molecule has 1 aromatic carbocycles. The molecule has 2 aliphatic heterocycles. The number of hydrogen-bond donors (Lipinski definition) is 4. The third-order valence-corrected chi connectivity index (χ3v) is 4.69. The van der Waals surface area contributed by atoms with Gasteiger partial charge in [0.15, 0.2) is 5.11 Å². The lowest BCUT2D eigenvalue weighted by Gasteiger charge is -2.31. The molecule has 1 unspecified atom stereocenters. The molecule has 2 amide bonds. The standard InChI is InChI=1S/C15H12BrN3O5S/c16-8-3-1-7(2-4-8)10(21)9-11(22)12(23)19(5-6-20)15(9)13(24)17-14(25)18-15/h1-4,20-21H,5-6H2,(H2,17,18,24,25)/b10-9-. The summed E-state index contributed by atoms with van der Waals surface area (Å²) < 4.78 is 0.748. The van der Waals surface area contributed by atoms with Crippen LogP contribution in [-0.4, -0.2) is 56.6 Å². The number of aliphatic hydroxyl groups is 2. The van der Waals surface area contributed by atoms with E-state index < -0.39 is 41.2 Å². The van der Waals surface area contributed by atoms with Crippen LogP contribution in [0.4, 0.5) is 0 Å². The van der Waals surface area contributed by atoms with Gasteiger partial charge >= 0.3 is 0 Å². The van der Waals surface area contributed by atoms with Crippen molar-refractivity contribution in [2.24, 2.45) is 0 Å². The quantitative estimate of drug-likeness (QED) is 0.229. The Morgan fingerprint density at radius 1 is 1.24 bits per heavy atom. The molecule has 0 bridgehead atoms. The van der Waals surface area contributed by atoms with Crippen molar-refractivity contribution in [1.29, 1.82) is 0 Å². The van der Waals surface area contributed by atoms with E-state index in [-0.39, 0.29) is 17.2 Å². The van der Waals surface area contributed by atoms with Crippen LogP contribution in [0.3, 0.4) is 0 Å². The summed E-state index contributed by atoms with van der Waals surface area (Å²) in [4.78, 5) is 38.3. The number of benzene rings is 1. The number of aliphatic hydroxyl groups excluding tert-OH is 2. The zero-order chi connectivity index (χ0) is 18.4. The Balaban J connectivity index is 2.25. The summed E-state index contributed by atoms with van der Waals surface area (Å²) in [5.41, 5.74) is -2.16. The molecule has 2 fully saturated rings. The fourth-order valence-corrected chi connectivity index (χ4v) is 3.40. The van der Waals surface area contributed by atoms with Gasteiger partial charge in [-0.2, -0.15) is 0 Å². The van der Waals surface area contributed by atoms with Crippen molar-refractivity contribution >= 4 is 56.6 Å². The van der Waals surface area contributed by atoms with E-state index in [1.807, 2.05) is 0 Å². The summed E-state index contributed by atoms with van der Waals surface area (Å²) in [5, 5.41) is 24.7. The molecule has 130 valence electrons. The van der Waals surface area contributed by atoms with Gasteiger partial charge in [-0.3, -0.25) is 24.6 Å². The summed E-state index contributed by atoms with van der Waals surface area (Å²) in [6.07, 6.45) is 0. The molecule has 1 spiro atoms. The van der Waals surface area contributed by atoms with Crippen LogP contribution in [0.1, 0.15) is 5.56 Å². The normalized spacial score (nSPS) is 24.8. The predicted molar refractivity (Wildman–Crippen MR) is 94.1 cm³/mol. The van der Waals surface area contributed by atoms with Gasteiger partial charge in [0, 0.05) is 16.6 Å². The molecule has 25 heavy (non-hydrogen) atoms. The molecule has 8 nitrogen and oxygen atoms in total. The number of carbonyl (C=O) groups excluding carboxylic acids is 3. The highest BCUT2D eigenvalue weighted by Gasteiger charge is 2.64. The smallest absolute Gasteiger partial charge is 0.297 e. The molecule has 0 aliphatic carbocycles. The summed E-state index contributed by atoms with van der Waals surface area (Å²) in [7, 11) is 0. The van der Waals surface area contributed by atoms with Crippen LogP contribution in [0.25, 0.3) is 5.76 Å². The first-order valence-corrected chi connectivity index (χ1v) is 8.33. The highest BCUT2D eigenvalue weighted by molar-refractivity contribution is 9.10. The molecule has 2 aliphatic rings. The number of halogens is 1. The number of amides is 2. The number of Topliss-reactive ketones (excluding diaryl/α,β-unsaturated/α-hetero) is 1. The van der Waals surface area contributed by atoms with E-state index in [9.17, 15) is 24.6 Å². The molecule has 0 radical (unpaired) electrons. The van der Waals surface area contributed by atoms with Gasteiger partial charge in [-0.1, -0.05) is 28.1 Å². The van der Waals surface area contributed by atoms with Gasteiger partial charge in [0.1, 0.15) is 11.3 Å². The van der Waals surface area contributed by atoms with Crippen LogP contribution >= 0.6 is 28.1 Å². The lowest BCUT2D eigenvalue weighted by Crippen LogP contribution is -2.59. The number of thiocarbonyl (C=S) groups is 1. The number of nitrogens with one attached hydrogen (secondary N) is 2. The van der Waals surface area contributed by atoms with Gasteiger partial charge in [-0.25, -0.2) is 0 Å². The number of carbonyl (C=O) groups is 3. The summed E-state index contributed by atoms with van der Waals surface area (Å²) >= 11 is 8.19. The van der Waals surface area contributed by atoms with Gasteiger partial charge < -0.3 is 15.5 Å². The van der Waals surface area contributed by atoms with Crippen molar-refractivity contribution in [3.8, 4) is 0 Å². The monoisotopic (exact) mass is 425 g/mol. The van der Waals surface area contributed by atoms with Crippen molar-refractivity contribution in [2.45, 2.75) is 5.66 Å². The highest BCUT2D eigenvalue weighted by atomic mass is 79.9. The van der Waals surface area contributed by atoms with E-state index in [1.165, 1.54) is 12.1 Å². The molecule has 3 rings (SSSR count). The zero-order valence-electron chi connectivity index (χ0n) is 12.6. The molecular weight excluding hydrogens is 414 g/mol. The molecule has 10 heteroatoms. The van der Waals surface area contributed by atoms with Crippen LogP contribution in [0.2, 0.25) is 0 Å². The lowest BCUT2D eigenvalue weighted by atomic mass is 9.95. The first-order chi connectivity index (χ1) is 11.8. The average Bonchev–Trinajstić information content (AvgIpc) is 2.97. The molecule has 1 aromatic rings. The van der Waals surface area contributed by atoms with Crippen LogP contribution in [0.5, 0.6) is 0 Å². The lowest BCUT2D eigenvalue weighted by molar-refractivity contribution is -0.144. The fourth-order valence-electron chi connectivity index (χ4n) is 2.89. The average molecular weight is 426 g/mol. The minimum atomic E-state index is -1.98. The van der Waals surface area contributed by atoms with Crippen LogP contribution < -0.4 is 10.6 Å². The van der Waals surface area contributed by atoms with Gasteiger partial charge in [-0.05, 0) is 24.4 Å². The van der Waals surface area contributed by atoms with E-state index in [0.29, 0.717) is 0 Å². The van der Waals surface area contributed by atoms with E-state index in [2.05, 4.69) is 26.6 Å². The van der Waals surface area contributed by atoms with E-state index in [4.69, 9.17) is 12.2 Å². The van der Waals surface area contributed by atoms with Gasteiger partial charge in [0.2, 0.25) is 5.66 Å². The van der Waals surface area contributed by atoms with E-state index in [1.54, 1.807) is 12.1 Å². The molecular formula is C15H12BrN3O5S. The Kier molecular flexibility index (Phi) is 4.35.